The molecule has 8 nitrogen and oxygen atoms in total. The lowest BCUT2D eigenvalue weighted by Crippen LogP contribution is -2.31. The van der Waals surface area contributed by atoms with Crippen LogP contribution in [-0.2, 0) is 14.8 Å². The monoisotopic (exact) mass is 447 g/mol. The van der Waals surface area contributed by atoms with Crippen LogP contribution in [0.3, 0.4) is 0 Å². The fraction of sp³-hybridized carbons (Fsp3) is 0.364. The van der Waals surface area contributed by atoms with Gasteiger partial charge >= 0.3 is 0 Å². The van der Waals surface area contributed by atoms with Crippen molar-refractivity contribution < 1.29 is 22.7 Å². The molecule has 31 heavy (non-hydrogen) atoms. The van der Waals surface area contributed by atoms with Crippen molar-refractivity contribution in [1.82, 2.24) is 4.31 Å². The van der Waals surface area contributed by atoms with Crippen molar-refractivity contribution in [2.75, 3.05) is 44.0 Å². The van der Waals surface area contributed by atoms with E-state index in [1.807, 2.05) is 0 Å². The molecule has 9 heteroatoms. The average molecular weight is 448 g/mol. The highest BCUT2D eigenvalue weighted by Crippen LogP contribution is 2.29. The summed E-state index contributed by atoms with van der Waals surface area (Å²) >= 11 is 0. The standard InChI is InChI=1S/C22H29N3O5S/c1-6-25(7-2)31(28,29)19-11-12-21(24(4)5)20(14-19)23-22(27)15-30-18-10-8-9-17(13-18)16(3)26/h8-14H,6-7,15H2,1-5H3,(H,23,27). The second-order valence-corrected chi connectivity index (χ2v) is 9.02. The minimum Gasteiger partial charge on any atom is -0.484 e. The lowest BCUT2D eigenvalue weighted by molar-refractivity contribution is -0.118. The molecule has 0 fully saturated rings. The zero-order chi connectivity index (χ0) is 23.2. The Kier molecular flexibility index (Phi) is 8.18. The molecular formula is C22H29N3O5S. The molecule has 2 aromatic rings. The Balaban J connectivity index is 2.23. The number of benzene rings is 2. The first-order valence-corrected chi connectivity index (χ1v) is 11.4. The van der Waals surface area contributed by atoms with Gasteiger partial charge in [-0.1, -0.05) is 26.0 Å². The number of ether oxygens (including phenoxy) is 1. The molecule has 2 rings (SSSR count). The highest BCUT2D eigenvalue weighted by molar-refractivity contribution is 7.89. The van der Waals surface area contributed by atoms with Crippen LogP contribution in [0, 0.1) is 0 Å². The fourth-order valence-electron chi connectivity index (χ4n) is 3.02. The molecule has 2 aromatic carbocycles. The molecule has 0 spiro atoms. The van der Waals surface area contributed by atoms with Crippen molar-refractivity contribution in [2.24, 2.45) is 0 Å². The van der Waals surface area contributed by atoms with E-state index < -0.39 is 15.9 Å². The van der Waals surface area contributed by atoms with E-state index in [1.54, 1.807) is 63.2 Å². The van der Waals surface area contributed by atoms with E-state index in [-0.39, 0.29) is 17.3 Å². The number of nitrogens with one attached hydrogen (secondary N) is 1. The van der Waals surface area contributed by atoms with E-state index in [1.165, 1.54) is 23.4 Å². The number of Topliss-reactive ketones (excluding diaryl/α,β-unsaturated/α-hetero) is 1. The number of sulfonamides is 1. The van der Waals surface area contributed by atoms with Crippen LogP contribution in [0.15, 0.2) is 47.4 Å². The van der Waals surface area contributed by atoms with Gasteiger partial charge in [-0.05, 0) is 37.3 Å². The third-order valence-electron chi connectivity index (χ3n) is 4.68. The SMILES string of the molecule is CCN(CC)S(=O)(=O)c1ccc(N(C)C)c(NC(=O)COc2cccc(C(C)=O)c2)c1. The molecule has 168 valence electrons. The van der Waals surface area contributed by atoms with Gasteiger partial charge in [-0.25, -0.2) is 8.42 Å². The van der Waals surface area contributed by atoms with Gasteiger partial charge in [0.05, 0.1) is 16.3 Å². The zero-order valence-electron chi connectivity index (χ0n) is 18.5. The number of amides is 1. The molecule has 0 saturated heterocycles. The van der Waals surface area contributed by atoms with Crippen LogP contribution in [0.25, 0.3) is 0 Å². The predicted octanol–water partition coefficient (Wildman–Crippen LogP) is 3.00. The highest BCUT2D eigenvalue weighted by atomic mass is 32.2. The summed E-state index contributed by atoms with van der Waals surface area (Å²) in [6.07, 6.45) is 0. The average Bonchev–Trinajstić information content (AvgIpc) is 2.73. The molecule has 0 aliphatic rings. The second kappa shape index (κ2) is 10.4. The van der Waals surface area contributed by atoms with Gasteiger partial charge in [0.25, 0.3) is 5.91 Å². The number of ketones is 1. The Morgan fingerprint density at radius 3 is 2.29 bits per heavy atom. The van der Waals surface area contributed by atoms with Gasteiger partial charge in [-0.3, -0.25) is 9.59 Å². The Hall–Kier alpha value is -2.91. The molecule has 0 saturated carbocycles. The van der Waals surface area contributed by atoms with E-state index in [0.29, 0.717) is 35.8 Å². The summed E-state index contributed by atoms with van der Waals surface area (Å²) < 4.78 is 32.6. The normalized spacial score (nSPS) is 11.3. The van der Waals surface area contributed by atoms with E-state index in [0.717, 1.165) is 0 Å². The number of carbonyl (C=O) groups excluding carboxylic acids is 2. The molecule has 0 atom stereocenters. The van der Waals surface area contributed by atoms with E-state index >= 15 is 0 Å². The van der Waals surface area contributed by atoms with E-state index in [9.17, 15) is 18.0 Å². The summed E-state index contributed by atoms with van der Waals surface area (Å²) in [6, 6.07) is 11.2. The number of hydrogen-bond acceptors (Lipinski definition) is 6. The van der Waals surface area contributed by atoms with Crippen molar-refractivity contribution in [3.05, 3.63) is 48.0 Å². The van der Waals surface area contributed by atoms with Gasteiger partial charge < -0.3 is 15.0 Å². The maximum Gasteiger partial charge on any atom is 0.262 e. The minimum atomic E-state index is -3.67. The Bertz CT molecular complexity index is 1050. The number of rotatable bonds is 10. The summed E-state index contributed by atoms with van der Waals surface area (Å²) in [6.45, 7) is 5.41. The molecular weight excluding hydrogens is 418 g/mol. The first-order valence-electron chi connectivity index (χ1n) is 9.95. The second-order valence-electron chi connectivity index (χ2n) is 7.08. The van der Waals surface area contributed by atoms with E-state index in [2.05, 4.69) is 5.32 Å². The molecule has 1 amide bonds. The number of carbonyl (C=O) groups is 2. The van der Waals surface area contributed by atoms with Gasteiger partial charge in [0.2, 0.25) is 10.0 Å². The van der Waals surface area contributed by atoms with Crippen LogP contribution >= 0.6 is 0 Å². The van der Waals surface area contributed by atoms with Gasteiger partial charge in [-0.2, -0.15) is 4.31 Å². The molecule has 0 aromatic heterocycles. The van der Waals surface area contributed by atoms with Crippen LogP contribution in [0.5, 0.6) is 5.75 Å². The van der Waals surface area contributed by atoms with Crippen molar-refractivity contribution >= 4 is 33.1 Å². The van der Waals surface area contributed by atoms with Crippen molar-refractivity contribution in [2.45, 2.75) is 25.7 Å². The van der Waals surface area contributed by atoms with Gasteiger partial charge in [0, 0.05) is 32.7 Å². The Morgan fingerprint density at radius 1 is 1.03 bits per heavy atom. The molecule has 0 aliphatic heterocycles. The first kappa shape index (κ1) is 24.4. The quantitative estimate of drug-likeness (QED) is 0.563. The molecule has 0 heterocycles. The summed E-state index contributed by atoms with van der Waals surface area (Å²) in [4.78, 5) is 25.9. The van der Waals surface area contributed by atoms with Crippen molar-refractivity contribution in [3.63, 3.8) is 0 Å². The summed E-state index contributed by atoms with van der Waals surface area (Å²) in [5.74, 6) is -0.154. The predicted molar refractivity (Wildman–Crippen MR) is 121 cm³/mol. The lowest BCUT2D eigenvalue weighted by atomic mass is 10.1. The number of nitrogens with zero attached hydrogens (tertiary/aromatic N) is 2. The maximum absolute atomic E-state index is 12.9. The van der Waals surface area contributed by atoms with Gasteiger partial charge in [0.1, 0.15) is 5.75 Å². The maximum atomic E-state index is 12.9. The molecule has 0 radical (unpaired) electrons. The third kappa shape index (κ3) is 6.05. The van der Waals surface area contributed by atoms with E-state index in [4.69, 9.17) is 4.74 Å². The minimum absolute atomic E-state index is 0.100. The van der Waals surface area contributed by atoms with Crippen LogP contribution in [-0.4, -0.2) is 58.2 Å². The number of anilines is 2. The van der Waals surface area contributed by atoms with Crippen LogP contribution < -0.4 is 15.0 Å². The Labute approximate surface area is 183 Å². The highest BCUT2D eigenvalue weighted by Gasteiger charge is 2.23. The van der Waals surface area contributed by atoms with Crippen molar-refractivity contribution in [3.8, 4) is 5.75 Å². The fourth-order valence-corrected chi connectivity index (χ4v) is 4.50. The molecule has 1 N–H and O–H groups in total. The summed E-state index contributed by atoms with van der Waals surface area (Å²) in [5, 5.41) is 2.73. The van der Waals surface area contributed by atoms with Crippen LogP contribution in [0.4, 0.5) is 11.4 Å². The van der Waals surface area contributed by atoms with Gasteiger partial charge in [-0.15, -0.1) is 0 Å². The van der Waals surface area contributed by atoms with Crippen molar-refractivity contribution in [1.29, 1.82) is 0 Å². The zero-order valence-corrected chi connectivity index (χ0v) is 19.3. The van der Waals surface area contributed by atoms with Crippen LogP contribution in [0.2, 0.25) is 0 Å². The molecule has 0 aliphatic carbocycles. The Morgan fingerprint density at radius 2 is 1.71 bits per heavy atom. The van der Waals surface area contributed by atoms with Gasteiger partial charge in [0.15, 0.2) is 12.4 Å². The first-order chi connectivity index (χ1) is 14.6. The summed E-state index contributed by atoms with van der Waals surface area (Å²) in [5.41, 5.74) is 1.51. The van der Waals surface area contributed by atoms with Crippen LogP contribution in [0.1, 0.15) is 31.1 Å². The topological polar surface area (TPSA) is 96.0 Å². The lowest BCUT2D eigenvalue weighted by Gasteiger charge is -2.22. The summed E-state index contributed by atoms with van der Waals surface area (Å²) in [7, 11) is -0.0720. The third-order valence-corrected chi connectivity index (χ3v) is 6.72. The largest absolute Gasteiger partial charge is 0.484 e. The molecule has 0 unspecified atom stereocenters. The molecule has 0 bridgehead atoms. The number of hydrogen-bond donors (Lipinski definition) is 1. The smallest absolute Gasteiger partial charge is 0.262 e.